The fourth-order valence-corrected chi connectivity index (χ4v) is 1.81. The zero-order chi connectivity index (χ0) is 13.8. The van der Waals surface area contributed by atoms with E-state index in [0.717, 1.165) is 0 Å². The van der Waals surface area contributed by atoms with Crippen LogP contribution in [-0.4, -0.2) is 6.04 Å². The van der Waals surface area contributed by atoms with Crippen LogP contribution >= 0.6 is 0 Å². The first-order valence-corrected chi connectivity index (χ1v) is 6.02. The molecule has 2 aromatic rings. The summed E-state index contributed by atoms with van der Waals surface area (Å²) in [6.07, 6.45) is 0.416. The SMILES string of the molecule is CC(N)Cc1cc(F)c(Oc2ccccc2)c(F)c1. The minimum atomic E-state index is -0.723. The standard InChI is InChI=1S/C15H15F2NO/c1-10(18)7-11-8-13(16)15(14(17)9-11)19-12-5-3-2-4-6-12/h2-6,8-10H,7,18H2,1H3. The molecule has 100 valence electrons. The Morgan fingerprint density at radius 3 is 2.21 bits per heavy atom. The number of halogens is 2. The quantitative estimate of drug-likeness (QED) is 0.913. The van der Waals surface area contributed by atoms with Crippen molar-refractivity contribution < 1.29 is 13.5 Å². The molecule has 2 nitrogen and oxygen atoms in total. The third-order valence-electron chi connectivity index (χ3n) is 2.58. The zero-order valence-corrected chi connectivity index (χ0v) is 10.6. The lowest BCUT2D eigenvalue weighted by Gasteiger charge is -2.11. The van der Waals surface area contributed by atoms with Gasteiger partial charge in [-0.15, -0.1) is 0 Å². The lowest BCUT2D eigenvalue weighted by atomic mass is 10.1. The second-order valence-electron chi connectivity index (χ2n) is 4.49. The Bertz CT molecular complexity index is 532. The second kappa shape index (κ2) is 5.80. The number of rotatable bonds is 4. The van der Waals surface area contributed by atoms with Crippen molar-refractivity contribution in [2.75, 3.05) is 0 Å². The molecule has 0 spiro atoms. The van der Waals surface area contributed by atoms with Gasteiger partial charge in [0.05, 0.1) is 0 Å². The molecule has 0 saturated carbocycles. The van der Waals surface area contributed by atoms with Crippen LogP contribution in [-0.2, 0) is 6.42 Å². The summed E-state index contributed by atoms with van der Waals surface area (Å²) in [5.41, 5.74) is 6.13. The average molecular weight is 263 g/mol. The van der Waals surface area contributed by atoms with E-state index >= 15 is 0 Å². The maximum atomic E-state index is 13.8. The molecule has 1 unspecified atom stereocenters. The van der Waals surface area contributed by atoms with Crippen molar-refractivity contribution in [1.82, 2.24) is 0 Å². The molecule has 2 rings (SSSR count). The molecule has 0 aliphatic heterocycles. The van der Waals surface area contributed by atoms with E-state index in [1.807, 2.05) is 0 Å². The minimum absolute atomic E-state index is 0.153. The summed E-state index contributed by atoms with van der Waals surface area (Å²) in [5.74, 6) is -1.45. The Hall–Kier alpha value is -1.94. The first-order valence-electron chi connectivity index (χ1n) is 6.02. The van der Waals surface area contributed by atoms with E-state index in [0.29, 0.717) is 17.7 Å². The molecule has 0 aliphatic carbocycles. The van der Waals surface area contributed by atoms with E-state index in [2.05, 4.69) is 0 Å². The minimum Gasteiger partial charge on any atom is -0.451 e. The molecule has 19 heavy (non-hydrogen) atoms. The predicted molar refractivity (Wildman–Crippen MR) is 70.2 cm³/mol. The lowest BCUT2D eigenvalue weighted by molar-refractivity contribution is 0.406. The normalized spacial score (nSPS) is 12.2. The van der Waals surface area contributed by atoms with E-state index < -0.39 is 11.6 Å². The van der Waals surface area contributed by atoms with Gasteiger partial charge in [-0.3, -0.25) is 0 Å². The van der Waals surface area contributed by atoms with Crippen molar-refractivity contribution in [3.63, 3.8) is 0 Å². The Kier molecular flexibility index (Phi) is 4.12. The molecule has 1 atom stereocenters. The Morgan fingerprint density at radius 2 is 1.68 bits per heavy atom. The van der Waals surface area contributed by atoms with Crippen LogP contribution in [0.25, 0.3) is 0 Å². The van der Waals surface area contributed by atoms with Crippen LogP contribution in [0.15, 0.2) is 42.5 Å². The van der Waals surface area contributed by atoms with Gasteiger partial charge in [0.25, 0.3) is 0 Å². The lowest BCUT2D eigenvalue weighted by Crippen LogP contribution is -2.18. The van der Waals surface area contributed by atoms with Gasteiger partial charge in [0, 0.05) is 6.04 Å². The Balaban J connectivity index is 2.27. The van der Waals surface area contributed by atoms with Crippen LogP contribution in [0.5, 0.6) is 11.5 Å². The van der Waals surface area contributed by atoms with Crippen molar-refractivity contribution in [2.45, 2.75) is 19.4 Å². The van der Waals surface area contributed by atoms with Crippen LogP contribution in [0.3, 0.4) is 0 Å². The van der Waals surface area contributed by atoms with Gasteiger partial charge < -0.3 is 10.5 Å². The molecule has 4 heteroatoms. The van der Waals surface area contributed by atoms with Gasteiger partial charge in [0.2, 0.25) is 0 Å². The molecule has 0 aliphatic rings. The highest BCUT2D eigenvalue weighted by Gasteiger charge is 2.14. The highest BCUT2D eigenvalue weighted by Crippen LogP contribution is 2.28. The summed E-state index contributed by atoms with van der Waals surface area (Å²) < 4.78 is 32.9. The number of hydrogen-bond donors (Lipinski definition) is 1. The molecule has 0 fully saturated rings. The molecule has 2 N–H and O–H groups in total. The molecule has 0 bridgehead atoms. The van der Waals surface area contributed by atoms with E-state index in [1.165, 1.54) is 12.1 Å². The zero-order valence-electron chi connectivity index (χ0n) is 10.6. The second-order valence-corrected chi connectivity index (χ2v) is 4.49. The van der Waals surface area contributed by atoms with E-state index in [4.69, 9.17) is 10.5 Å². The topological polar surface area (TPSA) is 35.2 Å². The number of nitrogens with two attached hydrogens (primary N) is 1. The molecular weight excluding hydrogens is 248 g/mol. The smallest absolute Gasteiger partial charge is 0.198 e. The fraction of sp³-hybridized carbons (Fsp3) is 0.200. The van der Waals surface area contributed by atoms with Crippen LogP contribution < -0.4 is 10.5 Å². The van der Waals surface area contributed by atoms with Crippen LogP contribution in [0.2, 0.25) is 0 Å². The third-order valence-corrected chi connectivity index (χ3v) is 2.58. The van der Waals surface area contributed by atoms with Gasteiger partial charge in [-0.05, 0) is 43.2 Å². The monoisotopic (exact) mass is 263 g/mol. The van der Waals surface area contributed by atoms with Crippen molar-refractivity contribution in [1.29, 1.82) is 0 Å². The van der Waals surface area contributed by atoms with Crippen molar-refractivity contribution in [3.8, 4) is 11.5 Å². The van der Waals surface area contributed by atoms with Crippen LogP contribution in [0.1, 0.15) is 12.5 Å². The summed E-state index contributed by atoms with van der Waals surface area (Å²) in [6.45, 7) is 1.78. The van der Waals surface area contributed by atoms with E-state index in [-0.39, 0.29) is 11.8 Å². The highest BCUT2D eigenvalue weighted by molar-refractivity contribution is 5.36. The number of benzene rings is 2. The number of ether oxygens (including phenoxy) is 1. The van der Waals surface area contributed by atoms with Crippen LogP contribution in [0, 0.1) is 11.6 Å². The number of hydrogen-bond acceptors (Lipinski definition) is 2. The summed E-state index contributed by atoms with van der Waals surface area (Å²) >= 11 is 0. The molecule has 2 aromatic carbocycles. The average Bonchev–Trinajstić information content (AvgIpc) is 2.34. The van der Waals surface area contributed by atoms with Crippen molar-refractivity contribution in [2.24, 2.45) is 5.73 Å². The molecule has 0 amide bonds. The van der Waals surface area contributed by atoms with Gasteiger partial charge in [-0.1, -0.05) is 18.2 Å². The Morgan fingerprint density at radius 1 is 1.11 bits per heavy atom. The molecule has 0 heterocycles. The van der Waals surface area contributed by atoms with E-state index in [1.54, 1.807) is 37.3 Å². The highest BCUT2D eigenvalue weighted by atomic mass is 19.1. The molecular formula is C15H15F2NO. The molecule has 0 aromatic heterocycles. The summed E-state index contributed by atoms with van der Waals surface area (Å²) in [7, 11) is 0. The Labute approximate surface area is 110 Å². The van der Waals surface area contributed by atoms with Gasteiger partial charge in [0.15, 0.2) is 17.4 Å². The van der Waals surface area contributed by atoms with Gasteiger partial charge in [-0.25, -0.2) is 8.78 Å². The van der Waals surface area contributed by atoms with Crippen molar-refractivity contribution >= 4 is 0 Å². The largest absolute Gasteiger partial charge is 0.451 e. The van der Waals surface area contributed by atoms with Gasteiger partial charge >= 0.3 is 0 Å². The maximum absolute atomic E-state index is 13.8. The van der Waals surface area contributed by atoms with Gasteiger partial charge in [0.1, 0.15) is 5.75 Å². The van der Waals surface area contributed by atoms with Crippen LogP contribution in [0.4, 0.5) is 8.78 Å². The fourth-order valence-electron chi connectivity index (χ4n) is 1.81. The summed E-state index contributed by atoms with van der Waals surface area (Å²) in [4.78, 5) is 0. The summed E-state index contributed by atoms with van der Waals surface area (Å²) in [5, 5.41) is 0. The number of para-hydroxylation sites is 1. The molecule has 0 saturated heterocycles. The van der Waals surface area contributed by atoms with Crippen molar-refractivity contribution in [3.05, 3.63) is 59.7 Å². The van der Waals surface area contributed by atoms with E-state index in [9.17, 15) is 8.78 Å². The predicted octanol–water partition coefficient (Wildman–Crippen LogP) is 3.65. The summed E-state index contributed by atoms with van der Waals surface area (Å²) in [6, 6.07) is 10.9. The van der Waals surface area contributed by atoms with Gasteiger partial charge in [-0.2, -0.15) is 0 Å². The first kappa shape index (κ1) is 13.5. The maximum Gasteiger partial charge on any atom is 0.198 e. The first-order chi connectivity index (χ1) is 9.06. The molecule has 0 radical (unpaired) electrons. The third kappa shape index (κ3) is 3.51.